The van der Waals surface area contributed by atoms with E-state index in [1.807, 2.05) is 13.0 Å². The molecule has 0 bridgehead atoms. The molecular weight excluding hydrogens is 252 g/mol. The maximum absolute atomic E-state index is 11.9. The molecule has 18 heavy (non-hydrogen) atoms. The molecule has 96 valence electrons. The summed E-state index contributed by atoms with van der Waals surface area (Å²) in [5.41, 5.74) is 1.16. The summed E-state index contributed by atoms with van der Waals surface area (Å²) in [7, 11) is 2.97. The lowest BCUT2D eigenvalue weighted by atomic mass is 10.2. The van der Waals surface area contributed by atoms with Gasteiger partial charge in [0.05, 0.1) is 18.0 Å². The fourth-order valence-corrected chi connectivity index (χ4v) is 2.54. The molecular formula is C12H14N2O3S. The van der Waals surface area contributed by atoms with Crippen LogP contribution in [0, 0.1) is 0 Å². The van der Waals surface area contributed by atoms with E-state index in [0.29, 0.717) is 11.3 Å². The number of thioether (sulfide) groups is 1. The van der Waals surface area contributed by atoms with Crippen molar-refractivity contribution in [3.63, 3.8) is 0 Å². The van der Waals surface area contributed by atoms with Crippen LogP contribution < -0.4 is 5.32 Å². The van der Waals surface area contributed by atoms with Gasteiger partial charge in [0.25, 0.3) is 5.91 Å². The number of benzene rings is 1. The number of hydrogen-bond acceptors (Lipinski definition) is 4. The molecule has 1 atom stereocenters. The molecule has 0 spiro atoms. The van der Waals surface area contributed by atoms with Crippen LogP contribution >= 0.6 is 11.8 Å². The van der Waals surface area contributed by atoms with Crippen LogP contribution in [-0.2, 0) is 9.63 Å². The van der Waals surface area contributed by atoms with Gasteiger partial charge in [0.1, 0.15) is 0 Å². The van der Waals surface area contributed by atoms with Crippen molar-refractivity contribution in [1.29, 1.82) is 0 Å². The fraction of sp³-hybridized carbons (Fsp3) is 0.333. The Morgan fingerprint density at radius 1 is 1.50 bits per heavy atom. The third-order valence-electron chi connectivity index (χ3n) is 2.72. The van der Waals surface area contributed by atoms with E-state index in [1.165, 1.54) is 25.9 Å². The van der Waals surface area contributed by atoms with E-state index >= 15 is 0 Å². The molecule has 0 radical (unpaired) electrons. The molecule has 1 aromatic rings. The topological polar surface area (TPSA) is 58.6 Å². The summed E-state index contributed by atoms with van der Waals surface area (Å²) in [6.07, 6.45) is 0. The highest BCUT2D eigenvalue weighted by molar-refractivity contribution is 8.00. The van der Waals surface area contributed by atoms with Gasteiger partial charge in [-0.25, -0.2) is 5.06 Å². The van der Waals surface area contributed by atoms with Crippen molar-refractivity contribution >= 4 is 29.3 Å². The summed E-state index contributed by atoms with van der Waals surface area (Å²) < 4.78 is 0. The minimum Gasteiger partial charge on any atom is -0.324 e. The van der Waals surface area contributed by atoms with Crippen LogP contribution in [0.1, 0.15) is 17.3 Å². The molecule has 2 rings (SSSR count). The number of carbonyl (C=O) groups is 2. The van der Waals surface area contributed by atoms with Crippen molar-refractivity contribution in [2.75, 3.05) is 19.5 Å². The largest absolute Gasteiger partial charge is 0.324 e. The van der Waals surface area contributed by atoms with Crippen molar-refractivity contribution in [3.05, 3.63) is 23.8 Å². The van der Waals surface area contributed by atoms with Gasteiger partial charge in [-0.05, 0) is 25.1 Å². The molecule has 1 heterocycles. The first-order valence-electron chi connectivity index (χ1n) is 5.46. The van der Waals surface area contributed by atoms with Gasteiger partial charge in [0.15, 0.2) is 0 Å². The number of carbonyl (C=O) groups excluding carboxylic acids is 2. The Kier molecular flexibility index (Phi) is 3.58. The number of amides is 2. The summed E-state index contributed by atoms with van der Waals surface area (Å²) >= 11 is 1.49. The van der Waals surface area contributed by atoms with Gasteiger partial charge < -0.3 is 5.32 Å². The number of anilines is 1. The summed E-state index contributed by atoms with van der Waals surface area (Å²) in [4.78, 5) is 29.3. The lowest BCUT2D eigenvalue weighted by molar-refractivity contribution is -0.115. The third-order valence-corrected chi connectivity index (χ3v) is 3.89. The molecule has 1 aromatic carbocycles. The van der Waals surface area contributed by atoms with E-state index in [2.05, 4.69) is 5.32 Å². The minimum atomic E-state index is -0.252. The molecule has 0 aliphatic carbocycles. The van der Waals surface area contributed by atoms with Crippen molar-refractivity contribution < 1.29 is 14.4 Å². The Bertz CT molecular complexity index is 504. The lowest BCUT2D eigenvalue weighted by Crippen LogP contribution is -2.28. The van der Waals surface area contributed by atoms with Crippen molar-refractivity contribution in [3.8, 4) is 0 Å². The summed E-state index contributed by atoms with van der Waals surface area (Å²) in [6, 6.07) is 5.24. The normalized spacial score (nSPS) is 17.9. The Hall–Kier alpha value is -1.53. The Labute approximate surface area is 109 Å². The molecule has 6 heteroatoms. The van der Waals surface area contributed by atoms with Crippen molar-refractivity contribution in [1.82, 2.24) is 5.06 Å². The highest BCUT2D eigenvalue weighted by atomic mass is 32.2. The first-order valence-corrected chi connectivity index (χ1v) is 6.34. The monoisotopic (exact) mass is 266 g/mol. The second-order valence-electron chi connectivity index (χ2n) is 3.95. The number of nitrogens with zero attached hydrogens (tertiary/aromatic N) is 1. The zero-order valence-corrected chi connectivity index (χ0v) is 11.2. The lowest BCUT2D eigenvalue weighted by Gasteiger charge is -2.22. The average molecular weight is 266 g/mol. The van der Waals surface area contributed by atoms with Crippen molar-refractivity contribution in [2.45, 2.75) is 17.1 Å². The SMILES string of the molecule is CON(C)C(=O)c1ccc2c(c1)NC(=O)C(C)S2. The van der Waals surface area contributed by atoms with Gasteiger partial charge in [-0.15, -0.1) is 11.8 Å². The van der Waals surface area contributed by atoms with Gasteiger partial charge >= 0.3 is 0 Å². The maximum Gasteiger partial charge on any atom is 0.277 e. The van der Waals surface area contributed by atoms with E-state index in [1.54, 1.807) is 12.1 Å². The maximum atomic E-state index is 11.9. The van der Waals surface area contributed by atoms with E-state index in [4.69, 9.17) is 4.84 Å². The fourth-order valence-electron chi connectivity index (χ4n) is 1.61. The predicted molar refractivity (Wildman–Crippen MR) is 69.5 cm³/mol. The number of fused-ring (bicyclic) bond motifs is 1. The molecule has 2 amide bonds. The molecule has 1 aliphatic rings. The van der Waals surface area contributed by atoms with Crippen LogP contribution in [0.15, 0.2) is 23.1 Å². The summed E-state index contributed by atoms with van der Waals surface area (Å²) in [5.74, 6) is -0.296. The zero-order valence-electron chi connectivity index (χ0n) is 10.4. The van der Waals surface area contributed by atoms with E-state index < -0.39 is 0 Å². The third kappa shape index (κ3) is 2.34. The first-order chi connectivity index (χ1) is 8.52. The van der Waals surface area contributed by atoms with Crippen molar-refractivity contribution in [2.24, 2.45) is 0 Å². The number of rotatable bonds is 2. The standard InChI is InChI=1S/C12H14N2O3S/c1-7-11(15)13-9-6-8(4-5-10(9)18-7)12(16)14(2)17-3/h4-7H,1-3H3,(H,13,15). The van der Waals surface area contributed by atoms with Gasteiger partial charge in [0, 0.05) is 17.5 Å². The van der Waals surface area contributed by atoms with Gasteiger partial charge in [-0.1, -0.05) is 0 Å². The van der Waals surface area contributed by atoms with E-state index in [9.17, 15) is 9.59 Å². The highest BCUT2D eigenvalue weighted by Crippen LogP contribution is 2.36. The summed E-state index contributed by atoms with van der Waals surface area (Å²) in [6.45, 7) is 1.85. The number of hydrogen-bond donors (Lipinski definition) is 1. The second-order valence-corrected chi connectivity index (χ2v) is 5.33. The smallest absolute Gasteiger partial charge is 0.277 e. The average Bonchev–Trinajstić information content (AvgIpc) is 2.37. The molecule has 1 aliphatic heterocycles. The molecule has 0 fully saturated rings. The Balaban J connectivity index is 2.30. The second kappa shape index (κ2) is 4.99. The molecule has 0 saturated heterocycles. The quantitative estimate of drug-likeness (QED) is 0.829. The van der Waals surface area contributed by atoms with E-state index in [0.717, 1.165) is 9.96 Å². The van der Waals surface area contributed by atoms with E-state index in [-0.39, 0.29) is 17.1 Å². The molecule has 0 saturated carbocycles. The Morgan fingerprint density at radius 2 is 2.22 bits per heavy atom. The van der Waals surface area contributed by atoms with Crippen LogP contribution in [0.4, 0.5) is 5.69 Å². The molecule has 1 unspecified atom stereocenters. The first kappa shape index (κ1) is 12.9. The number of hydroxylamine groups is 2. The zero-order chi connectivity index (χ0) is 13.3. The van der Waals surface area contributed by atoms with Gasteiger partial charge in [-0.3, -0.25) is 14.4 Å². The predicted octanol–water partition coefficient (Wildman–Crippen LogP) is 1.75. The van der Waals surface area contributed by atoms with Crippen LogP contribution in [0.5, 0.6) is 0 Å². The van der Waals surface area contributed by atoms with Crippen LogP contribution in [0.25, 0.3) is 0 Å². The number of nitrogens with one attached hydrogen (secondary N) is 1. The highest BCUT2D eigenvalue weighted by Gasteiger charge is 2.24. The molecule has 0 aromatic heterocycles. The molecule has 1 N–H and O–H groups in total. The van der Waals surface area contributed by atoms with Gasteiger partial charge in [-0.2, -0.15) is 0 Å². The van der Waals surface area contributed by atoms with Crippen LogP contribution in [-0.4, -0.2) is 36.3 Å². The van der Waals surface area contributed by atoms with Crippen LogP contribution in [0.3, 0.4) is 0 Å². The van der Waals surface area contributed by atoms with Crippen LogP contribution in [0.2, 0.25) is 0 Å². The van der Waals surface area contributed by atoms with Gasteiger partial charge in [0.2, 0.25) is 5.91 Å². The summed E-state index contributed by atoms with van der Waals surface area (Å²) in [5, 5.41) is 3.82. The Morgan fingerprint density at radius 3 is 2.89 bits per heavy atom. The molecule has 5 nitrogen and oxygen atoms in total. The minimum absolute atomic E-state index is 0.0443.